The van der Waals surface area contributed by atoms with Gasteiger partial charge < -0.3 is 14.4 Å². The summed E-state index contributed by atoms with van der Waals surface area (Å²) in [6.45, 7) is 1.57. The number of likely N-dealkylation sites (tertiary alicyclic amines) is 1. The molecule has 0 aliphatic carbocycles. The number of carbonyl (C=O) groups is 1. The van der Waals surface area contributed by atoms with Gasteiger partial charge in [0.25, 0.3) is 0 Å². The van der Waals surface area contributed by atoms with Crippen molar-refractivity contribution >= 4 is 15.9 Å². The molecule has 152 valence electrons. The zero-order valence-corrected chi connectivity index (χ0v) is 17.3. The SMILES string of the molecule is COc1ccc(CCN(CC(=O)N2CCCCCC2)S(C)(=O)=O)cc1OC. The zero-order chi connectivity index (χ0) is 19.9. The fourth-order valence-corrected chi connectivity index (χ4v) is 3.99. The summed E-state index contributed by atoms with van der Waals surface area (Å²) in [5.74, 6) is 1.11. The third kappa shape index (κ3) is 6.39. The molecule has 1 aromatic carbocycles. The van der Waals surface area contributed by atoms with Gasteiger partial charge in [-0.3, -0.25) is 4.79 Å². The number of rotatable bonds is 8. The van der Waals surface area contributed by atoms with Gasteiger partial charge in [0.15, 0.2) is 11.5 Å². The molecule has 7 nitrogen and oxygen atoms in total. The summed E-state index contributed by atoms with van der Waals surface area (Å²) in [6.07, 6.45) is 5.85. The van der Waals surface area contributed by atoms with Crippen LogP contribution in [0.4, 0.5) is 0 Å². The molecule has 1 aliphatic rings. The fourth-order valence-electron chi connectivity index (χ4n) is 3.22. The van der Waals surface area contributed by atoms with E-state index in [1.807, 2.05) is 12.1 Å². The number of amides is 1. The lowest BCUT2D eigenvalue weighted by atomic mass is 10.1. The first-order chi connectivity index (χ1) is 12.8. The third-order valence-corrected chi connectivity index (χ3v) is 6.09. The van der Waals surface area contributed by atoms with E-state index in [2.05, 4.69) is 0 Å². The average Bonchev–Trinajstić information content (AvgIpc) is 2.93. The van der Waals surface area contributed by atoms with Crippen molar-refractivity contribution in [2.75, 3.05) is 46.7 Å². The van der Waals surface area contributed by atoms with Crippen molar-refractivity contribution < 1.29 is 22.7 Å². The molecule has 0 radical (unpaired) electrons. The molecule has 0 atom stereocenters. The summed E-state index contributed by atoms with van der Waals surface area (Å²) in [5.41, 5.74) is 0.920. The van der Waals surface area contributed by atoms with Gasteiger partial charge in [-0.1, -0.05) is 18.9 Å². The Hall–Kier alpha value is -1.80. The lowest BCUT2D eigenvalue weighted by Gasteiger charge is -2.25. The standard InChI is InChI=1S/C19H30N2O5S/c1-25-17-9-8-16(14-18(17)26-2)10-13-21(27(3,23)24)15-19(22)20-11-6-4-5-7-12-20/h8-9,14H,4-7,10-13,15H2,1-3H3. The summed E-state index contributed by atoms with van der Waals surface area (Å²) in [5, 5.41) is 0. The van der Waals surface area contributed by atoms with Crippen molar-refractivity contribution in [2.45, 2.75) is 32.1 Å². The minimum atomic E-state index is -3.48. The molecule has 1 fully saturated rings. The molecular formula is C19H30N2O5S. The highest BCUT2D eigenvalue weighted by Gasteiger charge is 2.24. The van der Waals surface area contributed by atoms with E-state index in [1.165, 1.54) is 4.31 Å². The average molecular weight is 399 g/mol. The summed E-state index contributed by atoms with van der Waals surface area (Å²) < 4.78 is 36.1. The van der Waals surface area contributed by atoms with E-state index in [0.717, 1.165) is 37.5 Å². The van der Waals surface area contributed by atoms with Gasteiger partial charge in [-0.05, 0) is 37.0 Å². The number of methoxy groups -OCH3 is 2. The van der Waals surface area contributed by atoms with Crippen molar-refractivity contribution in [3.8, 4) is 11.5 Å². The molecule has 0 spiro atoms. The number of carbonyl (C=O) groups excluding carboxylic acids is 1. The van der Waals surface area contributed by atoms with E-state index in [4.69, 9.17) is 9.47 Å². The number of nitrogens with zero attached hydrogens (tertiary/aromatic N) is 2. The molecule has 2 rings (SSSR count). The number of benzene rings is 1. The first-order valence-electron chi connectivity index (χ1n) is 9.29. The predicted octanol–water partition coefficient (Wildman–Crippen LogP) is 1.91. The second kappa shape index (κ2) is 9.94. The molecule has 0 aromatic heterocycles. The normalized spacial score (nSPS) is 15.5. The molecule has 27 heavy (non-hydrogen) atoms. The second-order valence-corrected chi connectivity index (χ2v) is 8.81. The Balaban J connectivity index is 2.03. The highest BCUT2D eigenvalue weighted by atomic mass is 32.2. The van der Waals surface area contributed by atoms with E-state index in [0.29, 0.717) is 31.0 Å². The van der Waals surface area contributed by atoms with Crippen LogP contribution in [-0.4, -0.2) is 70.2 Å². The maximum atomic E-state index is 12.6. The Kier molecular flexibility index (Phi) is 7.91. The monoisotopic (exact) mass is 398 g/mol. The van der Waals surface area contributed by atoms with Crippen LogP contribution in [0.5, 0.6) is 11.5 Å². The summed E-state index contributed by atoms with van der Waals surface area (Å²) in [6, 6.07) is 5.50. The van der Waals surface area contributed by atoms with Crippen molar-refractivity contribution in [3.05, 3.63) is 23.8 Å². The van der Waals surface area contributed by atoms with E-state index in [-0.39, 0.29) is 19.0 Å². The number of ether oxygens (including phenoxy) is 2. The Labute approximate surface area is 162 Å². The first kappa shape index (κ1) is 21.5. The number of hydrogen-bond acceptors (Lipinski definition) is 5. The number of hydrogen-bond donors (Lipinski definition) is 0. The van der Waals surface area contributed by atoms with Crippen molar-refractivity contribution in [1.29, 1.82) is 0 Å². The molecule has 1 saturated heterocycles. The molecular weight excluding hydrogens is 368 g/mol. The Morgan fingerprint density at radius 3 is 2.26 bits per heavy atom. The van der Waals surface area contributed by atoms with Crippen molar-refractivity contribution in [2.24, 2.45) is 0 Å². The summed E-state index contributed by atoms with van der Waals surface area (Å²) >= 11 is 0. The Morgan fingerprint density at radius 2 is 1.70 bits per heavy atom. The lowest BCUT2D eigenvalue weighted by Crippen LogP contribution is -2.43. The minimum absolute atomic E-state index is 0.105. The lowest BCUT2D eigenvalue weighted by molar-refractivity contribution is -0.131. The van der Waals surface area contributed by atoms with Crippen LogP contribution in [0.3, 0.4) is 0 Å². The highest BCUT2D eigenvalue weighted by Crippen LogP contribution is 2.27. The van der Waals surface area contributed by atoms with E-state index in [1.54, 1.807) is 25.2 Å². The van der Waals surface area contributed by atoms with Crippen LogP contribution in [0.15, 0.2) is 18.2 Å². The van der Waals surface area contributed by atoms with Gasteiger partial charge in [0.2, 0.25) is 15.9 Å². The van der Waals surface area contributed by atoms with Crippen LogP contribution in [0.2, 0.25) is 0 Å². The second-order valence-electron chi connectivity index (χ2n) is 6.83. The van der Waals surface area contributed by atoms with Crippen LogP contribution in [0.25, 0.3) is 0 Å². The molecule has 1 aliphatic heterocycles. The number of sulfonamides is 1. The molecule has 0 bridgehead atoms. The van der Waals surface area contributed by atoms with Crippen LogP contribution in [-0.2, 0) is 21.2 Å². The van der Waals surface area contributed by atoms with E-state index >= 15 is 0 Å². The molecule has 0 unspecified atom stereocenters. The van der Waals surface area contributed by atoms with Crippen LogP contribution < -0.4 is 9.47 Å². The van der Waals surface area contributed by atoms with Gasteiger partial charge in [-0.25, -0.2) is 8.42 Å². The summed E-state index contributed by atoms with van der Waals surface area (Å²) in [4.78, 5) is 14.4. The maximum absolute atomic E-state index is 12.6. The van der Waals surface area contributed by atoms with Gasteiger partial charge >= 0.3 is 0 Å². The van der Waals surface area contributed by atoms with Crippen molar-refractivity contribution in [3.63, 3.8) is 0 Å². The Bertz CT molecular complexity index is 728. The highest BCUT2D eigenvalue weighted by molar-refractivity contribution is 7.88. The van der Waals surface area contributed by atoms with Crippen LogP contribution in [0, 0.1) is 0 Å². The third-order valence-electron chi connectivity index (χ3n) is 4.84. The van der Waals surface area contributed by atoms with E-state index < -0.39 is 10.0 Å². The fraction of sp³-hybridized carbons (Fsp3) is 0.632. The topological polar surface area (TPSA) is 76.2 Å². The van der Waals surface area contributed by atoms with Gasteiger partial charge in [0.05, 0.1) is 27.0 Å². The van der Waals surface area contributed by atoms with Gasteiger partial charge in [0.1, 0.15) is 0 Å². The molecule has 1 heterocycles. The van der Waals surface area contributed by atoms with Crippen molar-refractivity contribution in [1.82, 2.24) is 9.21 Å². The van der Waals surface area contributed by atoms with Crippen LogP contribution >= 0.6 is 0 Å². The van der Waals surface area contributed by atoms with Gasteiger partial charge in [-0.2, -0.15) is 4.31 Å². The summed E-state index contributed by atoms with van der Waals surface area (Å²) in [7, 11) is -0.350. The molecule has 1 aromatic rings. The predicted molar refractivity (Wildman–Crippen MR) is 105 cm³/mol. The smallest absolute Gasteiger partial charge is 0.237 e. The molecule has 1 amide bonds. The zero-order valence-electron chi connectivity index (χ0n) is 16.4. The molecule has 0 saturated carbocycles. The van der Waals surface area contributed by atoms with Gasteiger partial charge in [0, 0.05) is 19.6 Å². The largest absolute Gasteiger partial charge is 0.493 e. The maximum Gasteiger partial charge on any atom is 0.237 e. The quantitative estimate of drug-likeness (QED) is 0.669. The Morgan fingerprint density at radius 1 is 1.07 bits per heavy atom. The first-order valence-corrected chi connectivity index (χ1v) is 11.1. The molecule has 0 N–H and O–H groups in total. The van der Waals surface area contributed by atoms with Gasteiger partial charge in [-0.15, -0.1) is 0 Å². The van der Waals surface area contributed by atoms with Crippen LogP contribution in [0.1, 0.15) is 31.2 Å². The molecule has 8 heteroatoms. The van der Waals surface area contributed by atoms with E-state index in [9.17, 15) is 13.2 Å². The minimum Gasteiger partial charge on any atom is -0.493 e.